The van der Waals surface area contributed by atoms with Gasteiger partial charge in [-0.05, 0) is 54.7 Å². The Balaban J connectivity index is 1.84. The second kappa shape index (κ2) is 10.8. The number of likely N-dealkylation sites (tertiary alicyclic amines) is 2. The lowest BCUT2D eigenvalue weighted by molar-refractivity contribution is 0.268. The van der Waals surface area contributed by atoms with Crippen molar-refractivity contribution in [3.8, 4) is 0 Å². The third-order valence-corrected chi connectivity index (χ3v) is 6.49. The molecule has 0 bridgehead atoms. The number of benzene rings is 1. The Hall–Kier alpha value is -3.07. The molecule has 3 rings (SSSR count). The number of hydrogen-bond acceptors (Lipinski definition) is 3. The van der Waals surface area contributed by atoms with E-state index in [2.05, 4.69) is 90.7 Å². The Morgan fingerprint density at radius 1 is 1.06 bits per heavy atom. The highest BCUT2D eigenvalue weighted by Crippen LogP contribution is 2.33. The van der Waals surface area contributed by atoms with Crippen LogP contribution in [0.3, 0.4) is 0 Å². The minimum atomic E-state index is 0.384. The lowest BCUT2D eigenvalue weighted by atomic mass is 9.84. The van der Waals surface area contributed by atoms with Gasteiger partial charge in [0.05, 0.1) is 0 Å². The van der Waals surface area contributed by atoms with Gasteiger partial charge in [-0.3, -0.25) is 4.99 Å². The summed E-state index contributed by atoms with van der Waals surface area (Å²) in [6.45, 7) is 21.4. The Morgan fingerprint density at radius 3 is 2.35 bits per heavy atom. The monoisotopic (exact) mass is 413 g/mol. The summed E-state index contributed by atoms with van der Waals surface area (Å²) in [6, 6.07) is 8.67. The second-order valence-corrected chi connectivity index (χ2v) is 8.29. The summed E-state index contributed by atoms with van der Waals surface area (Å²) in [6.07, 6.45) is 15.7. The average Bonchev–Trinajstić information content (AvgIpc) is 3.34. The molecular weight excluding hydrogens is 378 g/mol. The van der Waals surface area contributed by atoms with Crippen LogP contribution in [0.15, 0.2) is 91.4 Å². The van der Waals surface area contributed by atoms with Crippen molar-refractivity contribution in [3.05, 3.63) is 97.5 Å². The lowest BCUT2D eigenvalue weighted by Crippen LogP contribution is -2.33. The van der Waals surface area contributed by atoms with Crippen molar-refractivity contribution < 1.29 is 0 Å². The normalized spacial score (nSPS) is 23.4. The third-order valence-electron chi connectivity index (χ3n) is 6.49. The Morgan fingerprint density at radius 2 is 1.74 bits per heavy atom. The van der Waals surface area contributed by atoms with Crippen LogP contribution in [0, 0.1) is 11.8 Å². The van der Waals surface area contributed by atoms with E-state index in [1.54, 1.807) is 6.20 Å². The van der Waals surface area contributed by atoms with E-state index in [1.807, 2.05) is 12.3 Å². The van der Waals surface area contributed by atoms with E-state index in [0.717, 1.165) is 42.9 Å². The van der Waals surface area contributed by atoms with Crippen LogP contribution >= 0.6 is 0 Å². The Kier molecular flexibility index (Phi) is 7.88. The minimum absolute atomic E-state index is 0.384. The first-order valence-corrected chi connectivity index (χ1v) is 11.2. The van der Waals surface area contributed by atoms with E-state index >= 15 is 0 Å². The Bertz CT molecular complexity index is 895. The highest BCUT2D eigenvalue weighted by Gasteiger charge is 2.27. The Labute approximate surface area is 188 Å². The highest BCUT2D eigenvalue weighted by molar-refractivity contribution is 5.76. The van der Waals surface area contributed by atoms with Crippen LogP contribution in [-0.2, 0) is 0 Å². The second-order valence-electron chi connectivity index (χ2n) is 8.29. The predicted octanol–water partition coefficient (Wildman–Crippen LogP) is 6.52. The van der Waals surface area contributed by atoms with Crippen LogP contribution in [0.25, 0.3) is 11.3 Å². The zero-order chi connectivity index (χ0) is 22.2. The van der Waals surface area contributed by atoms with Crippen LogP contribution in [-0.4, -0.2) is 36.2 Å². The maximum absolute atomic E-state index is 4.30. The van der Waals surface area contributed by atoms with Crippen LogP contribution in [0.4, 0.5) is 0 Å². The van der Waals surface area contributed by atoms with Crippen LogP contribution < -0.4 is 0 Å². The van der Waals surface area contributed by atoms with Crippen LogP contribution in [0.2, 0.25) is 0 Å². The van der Waals surface area contributed by atoms with Crippen molar-refractivity contribution in [1.82, 2.24) is 9.80 Å². The van der Waals surface area contributed by atoms with Gasteiger partial charge in [-0.1, -0.05) is 62.6 Å². The SMILES string of the molecule is C=C/C(=C\C=C1/C(C)C(C=C)CCN1/C=C\N=C)c1ccc(C(=C)N2CCCC2)cc1. The van der Waals surface area contributed by atoms with Gasteiger partial charge in [0.1, 0.15) is 0 Å². The average molecular weight is 414 g/mol. The van der Waals surface area contributed by atoms with Crippen molar-refractivity contribution in [2.45, 2.75) is 26.2 Å². The molecule has 3 nitrogen and oxygen atoms in total. The molecule has 2 aliphatic rings. The molecule has 2 aliphatic heterocycles. The van der Waals surface area contributed by atoms with Gasteiger partial charge in [0.15, 0.2) is 0 Å². The maximum atomic E-state index is 4.30. The zero-order valence-corrected chi connectivity index (χ0v) is 18.8. The van der Waals surface area contributed by atoms with Crippen LogP contribution in [0.1, 0.15) is 37.3 Å². The van der Waals surface area contributed by atoms with Gasteiger partial charge in [-0.15, -0.1) is 6.58 Å². The molecule has 1 aromatic rings. The molecule has 0 radical (unpaired) electrons. The molecule has 2 unspecified atom stereocenters. The third kappa shape index (κ3) is 5.35. The van der Waals surface area contributed by atoms with Gasteiger partial charge in [0.2, 0.25) is 0 Å². The molecule has 0 amide bonds. The highest BCUT2D eigenvalue weighted by atomic mass is 15.1. The summed E-state index contributed by atoms with van der Waals surface area (Å²) in [4.78, 5) is 8.52. The quantitative estimate of drug-likeness (QED) is 0.274. The number of piperidine rings is 1. The standard InChI is InChI=1S/C28H35N3/c1-6-24-16-20-31(21-17-29-5)28(22(24)3)15-14-25(7-2)27-12-10-26(11-13-27)23(4)30-18-8-9-19-30/h6-7,10-15,17,21-22,24H,1-2,4-5,8-9,16,18-20H2,3H3/b21-17-,25-14+,28-15+. The predicted molar refractivity (Wildman–Crippen MR) is 135 cm³/mol. The fraction of sp³-hybridized carbons (Fsp3) is 0.321. The molecule has 2 heterocycles. The number of allylic oxidation sites excluding steroid dienone is 6. The zero-order valence-electron chi connectivity index (χ0n) is 18.8. The van der Waals surface area contributed by atoms with Crippen molar-refractivity contribution in [1.29, 1.82) is 0 Å². The van der Waals surface area contributed by atoms with Gasteiger partial charge < -0.3 is 9.80 Å². The van der Waals surface area contributed by atoms with Crippen molar-refractivity contribution in [2.75, 3.05) is 19.6 Å². The van der Waals surface area contributed by atoms with Crippen LogP contribution in [0.5, 0.6) is 0 Å². The summed E-state index contributed by atoms with van der Waals surface area (Å²) in [5, 5.41) is 0. The summed E-state index contributed by atoms with van der Waals surface area (Å²) in [7, 11) is 0. The van der Waals surface area contributed by atoms with Crippen molar-refractivity contribution >= 4 is 18.0 Å². The van der Waals surface area contributed by atoms with Gasteiger partial charge >= 0.3 is 0 Å². The molecule has 2 fully saturated rings. The molecule has 2 saturated heterocycles. The fourth-order valence-corrected chi connectivity index (χ4v) is 4.49. The molecule has 0 spiro atoms. The first kappa shape index (κ1) is 22.6. The molecule has 2 atom stereocenters. The molecule has 1 aromatic carbocycles. The molecule has 162 valence electrons. The first-order chi connectivity index (χ1) is 15.1. The molecule has 31 heavy (non-hydrogen) atoms. The topological polar surface area (TPSA) is 18.8 Å². The smallest absolute Gasteiger partial charge is 0.0422 e. The fourth-order valence-electron chi connectivity index (χ4n) is 4.49. The molecule has 0 saturated carbocycles. The van der Waals surface area contributed by atoms with Crippen molar-refractivity contribution in [2.24, 2.45) is 16.8 Å². The van der Waals surface area contributed by atoms with E-state index in [0.29, 0.717) is 11.8 Å². The van der Waals surface area contributed by atoms with E-state index < -0.39 is 0 Å². The lowest BCUT2D eigenvalue weighted by Gasteiger charge is -2.37. The number of nitrogens with zero attached hydrogens (tertiary/aromatic N) is 3. The number of rotatable bonds is 8. The van der Waals surface area contributed by atoms with Crippen molar-refractivity contribution in [3.63, 3.8) is 0 Å². The number of aliphatic imine (C=N–C) groups is 1. The van der Waals surface area contributed by atoms with Gasteiger partial charge in [-0.2, -0.15) is 0 Å². The number of hydrogen-bond donors (Lipinski definition) is 0. The summed E-state index contributed by atoms with van der Waals surface area (Å²) in [5.41, 5.74) is 5.83. The molecular formula is C28H35N3. The van der Waals surface area contributed by atoms with E-state index in [-0.39, 0.29) is 0 Å². The molecule has 3 heteroatoms. The molecule has 0 aromatic heterocycles. The summed E-state index contributed by atoms with van der Waals surface area (Å²) >= 11 is 0. The maximum Gasteiger partial charge on any atom is 0.0422 e. The summed E-state index contributed by atoms with van der Waals surface area (Å²) < 4.78 is 0. The van der Waals surface area contributed by atoms with Gasteiger partial charge in [0.25, 0.3) is 0 Å². The van der Waals surface area contributed by atoms with Gasteiger partial charge in [0, 0.05) is 49.3 Å². The van der Waals surface area contributed by atoms with E-state index in [4.69, 9.17) is 0 Å². The molecule has 0 aliphatic carbocycles. The summed E-state index contributed by atoms with van der Waals surface area (Å²) in [5.74, 6) is 0.859. The largest absolute Gasteiger partial charge is 0.372 e. The first-order valence-electron chi connectivity index (χ1n) is 11.2. The van der Waals surface area contributed by atoms with E-state index in [1.165, 1.54) is 24.1 Å². The minimum Gasteiger partial charge on any atom is -0.372 e. The molecule has 0 N–H and O–H groups in total. The van der Waals surface area contributed by atoms with E-state index in [9.17, 15) is 0 Å². The van der Waals surface area contributed by atoms with Gasteiger partial charge in [-0.25, -0.2) is 0 Å².